The van der Waals surface area contributed by atoms with Crippen LogP contribution in [0.15, 0.2) is 60.7 Å². The molecule has 0 saturated carbocycles. The van der Waals surface area contributed by atoms with E-state index in [1.165, 1.54) is 9.80 Å². The summed E-state index contributed by atoms with van der Waals surface area (Å²) in [5.41, 5.74) is 1.68. The number of imide groups is 2. The molecule has 4 heterocycles. The normalized spacial score (nSPS) is 28.7. The van der Waals surface area contributed by atoms with E-state index in [1.54, 1.807) is 31.4 Å². The minimum atomic E-state index is -0.650. The van der Waals surface area contributed by atoms with Crippen molar-refractivity contribution >= 4 is 29.3 Å². The van der Waals surface area contributed by atoms with Crippen molar-refractivity contribution in [3.63, 3.8) is 0 Å². The summed E-state index contributed by atoms with van der Waals surface area (Å²) in [5, 5.41) is 0. The number of carbonyl (C=O) groups is 4. The van der Waals surface area contributed by atoms with Crippen LogP contribution in [-0.4, -0.2) is 113 Å². The highest BCUT2D eigenvalue weighted by Gasteiger charge is 2.62. The molecule has 12 heteroatoms. The highest BCUT2D eigenvalue weighted by Crippen LogP contribution is 2.47. The van der Waals surface area contributed by atoms with Gasteiger partial charge in [0.15, 0.2) is 0 Å². The zero-order valence-electron chi connectivity index (χ0n) is 29.6. The molecule has 276 valence electrons. The van der Waals surface area contributed by atoms with Crippen molar-refractivity contribution in [1.82, 2.24) is 4.90 Å². The van der Waals surface area contributed by atoms with Gasteiger partial charge in [-0.2, -0.15) is 0 Å². The summed E-state index contributed by atoms with van der Waals surface area (Å²) in [5.74, 6) is -3.50. The van der Waals surface area contributed by atoms with Gasteiger partial charge in [0.05, 0.1) is 93.4 Å². The summed E-state index contributed by atoms with van der Waals surface area (Å²) in [6.45, 7) is 4.93. The van der Waals surface area contributed by atoms with Gasteiger partial charge in [0.2, 0.25) is 23.6 Å². The Morgan fingerprint density at radius 1 is 0.569 bits per heavy atom. The van der Waals surface area contributed by atoms with Crippen LogP contribution in [0.2, 0.25) is 0 Å². The SMILES string of the molecule is CCOCCC1OC(CCC2OC(CCc3ccccc3)C3C(=O)N(CCOCCOCCOC)C(=O)C23)C2C(=O)N(c3ccccc3)C(=O)C12. The van der Waals surface area contributed by atoms with Gasteiger partial charge in [0.1, 0.15) is 0 Å². The Kier molecular flexibility index (Phi) is 13.0. The second-order valence-corrected chi connectivity index (χ2v) is 13.5. The number of nitrogens with zero attached hydrogens (tertiary/aromatic N) is 2. The number of aryl methyl sites for hydroxylation is 1. The zero-order valence-corrected chi connectivity index (χ0v) is 29.6. The largest absolute Gasteiger partial charge is 0.382 e. The van der Waals surface area contributed by atoms with Gasteiger partial charge >= 0.3 is 0 Å². The fourth-order valence-electron chi connectivity index (χ4n) is 8.13. The molecule has 0 radical (unpaired) electrons. The fourth-order valence-corrected chi connectivity index (χ4v) is 8.13. The minimum absolute atomic E-state index is 0.157. The molecule has 2 aromatic carbocycles. The quantitative estimate of drug-likeness (QED) is 0.149. The third-order valence-electron chi connectivity index (χ3n) is 10.5. The predicted octanol–water partition coefficient (Wildman–Crippen LogP) is 3.45. The second kappa shape index (κ2) is 17.8. The lowest BCUT2D eigenvalue weighted by Crippen LogP contribution is -2.39. The number of rotatable bonds is 20. The van der Waals surface area contributed by atoms with Crippen molar-refractivity contribution < 1.29 is 47.6 Å². The molecule has 4 fully saturated rings. The number of fused-ring (bicyclic) bond motifs is 2. The van der Waals surface area contributed by atoms with Crippen LogP contribution in [0.5, 0.6) is 0 Å². The zero-order chi connectivity index (χ0) is 35.7. The molecule has 8 atom stereocenters. The topological polar surface area (TPSA) is 130 Å². The molecule has 0 N–H and O–H groups in total. The van der Waals surface area contributed by atoms with Gasteiger partial charge in [-0.1, -0.05) is 48.5 Å². The summed E-state index contributed by atoms with van der Waals surface area (Å²) >= 11 is 0. The predicted molar refractivity (Wildman–Crippen MR) is 186 cm³/mol. The molecule has 0 spiro atoms. The number of para-hydroxylation sites is 1. The first-order chi connectivity index (χ1) is 24.9. The number of likely N-dealkylation sites (tertiary alicyclic amines) is 1. The Balaban J connectivity index is 1.14. The summed E-state index contributed by atoms with van der Waals surface area (Å²) in [7, 11) is 1.61. The van der Waals surface area contributed by atoms with Crippen molar-refractivity contribution in [2.75, 3.05) is 64.8 Å². The average Bonchev–Trinajstić information content (AvgIpc) is 3.84. The van der Waals surface area contributed by atoms with Crippen molar-refractivity contribution in [2.24, 2.45) is 23.7 Å². The summed E-state index contributed by atoms with van der Waals surface area (Å²) in [4.78, 5) is 58.1. The van der Waals surface area contributed by atoms with Crippen molar-refractivity contribution in [3.05, 3.63) is 66.2 Å². The maximum absolute atomic E-state index is 13.9. The molecule has 4 amide bonds. The number of hydrogen-bond acceptors (Lipinski definition) is 10. The van der Waals surface area contributed by atoms with E-state index >= 15 is 0 Å². The Morgan fingerprint density at radius 3 is 1.67 bits per heavy atom. The van der Waals surface area contributed by atoms with Crippen molar-refractivity contribution in [3.8, 4) is 0 Å². The Morgan fingerprint density at radius 2 is 1.08 bits per heavy atom. The maximum atomic E-state index is 13.9. The highest BCUT2D eigenvalue weighted by atomic mass is 16.5. The second-order valence-electron chi connectivity index (χ2n) is 13.5. The highest BCUT2D eigenvalue weighted by molar-refractivity contribution is 6.22. The van der Waals surface area contributed by atoms with Crippen LogP contribution in [0.1, 0.15) is 38.2 Å². The van der Waals surface area contributed by atoms with Crippen molar-refractivity contribution in [2.45, 2.75) is 63.4 Å². The number of benzene rings is 2. The molecular weight excluding hydrogens is 656 g/mol. The van der Waals surface area contributed by atoms with Gasteiger partial charge in [0.25, 0.3) is 0 Å². The first-order valence-electron chi connectivity index (χ1n) is 18.3. The lowest BCUT2D eigenvalue weighted by atomic mass is 9.83. The molecule has 4 saturated heterocycles. The van der Waals surface area contributed by atoms with Gasteiger partial charge in [-0.3, -0.25) is 24.1 Å². The van der Waals surface area contributed by atoms with Crippen molar-refractivity contribution in [1.29, 1.82) is 0 Å². The summed E-state index contributed by atoms with van der Waals surface area (Å²) in [6.07, 6.45) is 0.618. The van der Waals surface area contributed by atoms with Gasteiger partial charge < -0.3 is 28.4 Å². The number of carbonyl (C=O) groups excluding carboxylic acids is 4. The Labute approximate surface area is 299 Å². The number of hydrogen-bond donors (Lipinski definition) is 0. The molecule has 4 aliphatic rings. The molecule has 0 bridgehead atoms. The lowest BCUT2D eigenvalue weighted by molar-refractivity contribution is -0.145. The van der Waals surface area contributed by atoms with E-state index in [4.69, 9.17) is 28.4 Å². The third kappa shape index (κ3) is 8.27. The first kappa shape index (κ1) is 37.2. The summed E-state index contributed by atoms with van der Waals surface area (Å²) in [6, 6.07) is 19.0. The van der Waals surface area contributed by atoms with E-state index in [9.17, 15) is 19.2 Å². The molecule has 0 aliphatic carbocycles. The van der Waals surface area contributed by atoms with E-state index < -0.39 is 48.1 Å². The van der Waals surface area contributed by atoms with Gasteiger partial charge in [-0.25, -0.2) is 4.90 Å². The monoisotopic (exact) mass is 706 g/mol. The van der Waals surface area contributed by atoms with Crippen LogP contribution in [0, 0.1) is 23.7 Å². The fraction of sp³-hybridized carbons (Fsp3) is 0.590. The maximum Gasteiger partial charge on any atom is 0.240 e. The molecule has 0 aromatic heterocycles. The molecular formula is C39H50N2O10. The van der Waals surface area contributed by atoms with Crippen LogP contribution >= 0.6 is 0 Å². The standard InChI is InChI=1S/C39H50N2O10/c1-3-47-20-18-31-35-34(38(44)41(39(35)45)27-12-8-5-9-13-27)30(51-31)17-16-29-33-32(28(50-29)15-14-26-10-6-4-7-11-26)36(42)40(37(33)43)19-21-48-24-25-49-23-22-46-2/h4-13,28-35H,3,14-25H2,1-2H3. The molecule has 12 nitrogen and oxygen atoms in total. The first-order valence-corrected chi connectivity index (χ1v) is 18.3. The van der Waals surface area contributed by atoms with E-state index in [2.05, 4.69) is 0 Å². The minimum Gasteiger partial charge on any atom is -0.382 e. The average molecular weight is 707 g/mol. The Hall–Kier alpha value is -3.52. The molecule has 51 heavy (non-hydrogen) atoms. The molecule has 6 rings (SSSR count). The van der Waals surface area contributed by atoms with E-state index in [1.807, 2.05) is 43.3 Å². The van der Waals surface area contributed by atoms with Crippen LogP contribution < -0.4 is 4.90 Å². The molecule has 2 aromatic rings. The molecule has 8 unspecified atom stereocenters. The van der Waals surface area contributed by atoms with Gasteiger partial charge in [-0.05, 0) is 56.7 Å². The summed E-state index contributed by atoms with van der Waals surface area (Å²) < 4.78 is 34.7. The third-order valence-corrected chi connectivity index (χ3v) is 10.5. The van der Waals surface area contributed by atoms with Crippen LogP contribution in [0.25, 0.3) is 0 Å². The van der Waals surface area contributed by atoms with E-state index in [-0.39, 0.29) is 36.8 Å². The lowest BCUT2D eigenvalue weighted by Gasteiger charge is -2.24. The number of methoxy groups -OCH3 is 1. The van der Waals surface area contributed by atoms with E-state index in [0.717, 1.165) is 5.56 Å². The number of ether oxygens (including phenoxy) is 6. The van der Waals surface area contributed by atoms with E-state index in [0.29, 0.717) is 77.4 Å². The Bertz CT molecular complexity index is 1470. The van der Waals surface area contributed by atoms with Crippen LogP contribution in [0.4, 0.5) is 5.69 Å². The smallest absolute Gasteiger partial charge is 0.240 e. The number of anilines is 1. The number of amides is 4. The van der Waals surface area contributed by atoms with Crippen LogP contribution in [0.3, 0.4) is 0 Å². The molecule has 4 aliphatic heterocycles. The van der Waals surface area contributed by atoms with Crippen LogP contribution in [-0.2, 0) is 54.0 Å². The van der Waals surface area contributed by atoms with Gasteiger partial charge in [-0.15, -0.1) is 0 Å². The van der Waals surface area contributed by atoms with Gasteiger partial charge in [0, 0.05) is 20.3 Å².